The Bertz CT molecular complexity index is 1220. The molecule has 0 amide bonds. The molecule has 0 aliphatic heterocycles. The number of benzene rings is 2. The fourth-order valence-electron chi connectivity index (χ4n) is 3.93. The van der Waals surface area contributed by atoms with E-state index in [0.29, 0.717) is 12.8 Å². The van der Waals surface area contributed by atoms with Crippen LogP contribution in [0.1, 0.15) is 104 Å². The van der Waals surface area contributed by atoms with Crippen LogP contribution < -0.4 is 68.6 Å². The summed E-state index contributed by atoms with van der Waals surface area (Å²) in [6.45, 7) is 4.28. The zero-order valence-corrected chi connectivity index (χ0v) is 32.1. The first-order valence-corrected chi connectivity index (χ1v) is 17.2. The van der Waals surface area contributed by atoms with Gasteiger partial charge in [0.15, 0.2) is 0 Å². The van der Waals surface area contributed by atoms with Gasteiger partial charge in [-0.15, -0.1) is 0 Å². The van der Waals surface area contributed by atoms with Crippen LogP contribution in [0.2, 0.25) is 0 Å². The van der Waals surface area contributed by atoms with Crippen molar-refractivity contribution in [3.63, 3.8) is 0 Å². The van der Waals surface area contributed by atoms with Crippen molar-refractivity contribution in [1.29, 1.82) is 0 Å². The van der Waals surface area contributed by atoms with Crippen molar-refractivity contribution in [1.82, 2.24) is 0 Å². The van der Waals surface area contributed by atoms with E-state index < -0.39 is 42.0 Å². The first-order valence-electron chi connectivity index (χ1n) is 14.4. The summed E-state index contributed by atoms with van der Waals surface area (Å²) < 4.78 is 76.3. The summed E-state index contributed by atoms with van der Waals surface area (Å²) >= 11 is 0. The van der Waals surface area contributed by atoms with E-state index in [1.165, 1.54) is 62.1 Å². The zero-order chi connectivity index (χ0) is 31.4. The minimum Gasteiger partial charge on any atom is -0.744 e. The van der Waals surface area contributed by atoms with Gasteiger partial charge in [0.1, 0.15) is 31.7 Å². The minimum atomic E-state index is -4.64. The third kappa shape index (κ3) is 20.3. The summed E-state index contributed by atoms with van der Waals surface area (Å²) in [7, 11) is -9.28. The second-order valence-electron chi connectivity index (χ2n) is 9.79. The van der Waals surface area contributed by atoms with Gasteiger partial charge < -0.3 is 18.6 Å². The van der Waals surface area contributed by atoms with Gasteiger partial charge in [0.2, 0.25) is 0 Å². The maximum Gasteiger partial charge on any atom is 1.00 e. The fourth-order valence-corrected chi connectivity index (χ4v) is 5.13. The Morgan fingerprint density at radius 1 is 0.545 bits per heavy atom. The molecule has 0 spiro atoms. The van der Waals surface area contributed by atoms with Crippen molar-refractivity contribution in [2.24, 2.45) is 0 Å². The van der Waals surface area contributed by atoms with Crippen LogP contribution in [0.3, 0.4) is 0 Å². The van der Waals surface area contributed by atoms with Crippen LogP contribution in [0.4, 0.5) is 0 Å². The fraction of sp³-hybridized carbons (Fsp3) is 0.533. The van der Waals surface area contributed by atoms with E-state index in [9.17, 15) is 35.5 Å². The molecule has 0 atom stereocenters. The predicted molar refractivity (Wildman–Crippen MR) is 156 cm³/mol. The average molecular weight is 673 g/mol. The molecule has 0 N–H and O–H groups in total. The van der Waals surface area contributed by atoms with E-state index in [4.69, 9.17) is 9.47 Å². The van der Waals surface area contributed by atoms with Crippen LogP contribution in [-0.2, 0) is 29.8 Å². The number of para-hydroxylation sites is 2. The van der Waals surface area contributed by atoms with E-state index in [1.807, 2.05) is 0 Å². The number of esters is 2. The normalized spacial score (nSPS) is 10.8. The van der Waals surface area contributed by atoms with Crippen molar-refractivity contribution in [2.45, 2.75) is 114 Å². The van der Waals surface area contributed by atoms with Crippen molar-refractivity contribution in [2.75, 3.05) is 0 Å². The number of hydrogen-bond acceptors (Lipinski definition) is 10. The Morgan fingerprint density at radius 2 is 0.841 bits per heavy atom. The quantitative estimate of drug-likeness (QED) is 0.0716. The first-order chi connectivity index (χ1) is 19.9. The smallest absolute Gasteiger partial charge is 0.744 e. The summed E-state index contributed by atoms with van der Waals surface area (Å²) in [5, 5.41) is 0. The van der Waals surface area contributed by atoms with Crippen LogP contribution in [0.5, 0.6) is 11.5 Å². The van der Waals surface area contributed by atoms with E-state index >= 15 is 0 Å². The third-order valence-electron chi connectivity index (χ3n) is 6.15. The Balaban J connectivity index is 0. The van der Waals surface area contributed by atoms with Crippen LogP contribution in [0.15, 0.2) is 58.3 Å². The SMILES string of the molecule is CCCCCCCCC(=O)Oc1ccccc1S(=O)(=O)[O-].CCCCCCCCC(=O)Oc1ccccc1S(=O)(=O)[O-].[Na+].[Na+]. The number of hydrogen-bond donors (Lipinski definition) is 0. The summed E-state index contributed by atoms with van der Waals surface area (Å²) in [6, 6.07) is 10.7. The van der Waals surface area contributed by atoms with Gasteiger partial charge in [-0.3, -0.25) is 9.59 Å². The van der Waals surface area contributed by atoms with Crippen LogP contribution in [0.25, 0.3) is 0 Å². The first kappa shape index (κ1) is 45.3. The molecule has 2 rings (SSSR count). The molecule has 0 aliphatic rings. The predicted octanol–water partition coefficient (Wildman–Crippen LogP) is 0.501. The van der Waals surface area contributed by atoms with E-state index in [-0.39, 0.29) is 83.5 Å². The summed E-state index contributed by atoms with van der Waals surface area (Å²) in [5.74, 6) is -1.41. The molecule has 236 valence electrons. The molecular formula is C30H42Na2O10S2. The van der Waals surface area contributed by atoms with Gasteiger partial charge in [0.25, 0.3) is 0 Å². The topological polar surface area (TPSA) is 167 Å². The molecule has 0 radical (unpaired) electrons. The summed E-state index contributed by atoms with van der Waals surface area (Å²) in [4.78, 5) is 22.3. The van der Waals surface area contributed by atoms with Crippen molar-refractivity contribution in [3.8, 4) is 11.5 Å². The Labute approximate surface area is 307 Å². The van der Waals surface area contributed by atoms with Crippen LogP contribution in [0, 0.1) is 0 Å². The molecule has 0 unspecified atom stereocenters. The largest absolute Gasteiger partial charge is 1.00 e. The van der Waals surface area contributed by atoms with E-state index in [2.05, 4.69) is 13.8 Å². The van der Waals surface area contributed by atoms with Gasteiger partial charge in [-0.1, -0.05) is 102 Å². The van der Waals surface area contributed by atoms with Gasteiger partial charge in [-0.2, -0.15) is 0 Å². The molecule has 0 saturated carbocycles. The maximum atomic E-state index is 11.7. The minimum absolute atomic E-state index is 0. The van der Waals surface area contributed by atoms with Crippen molar-refractivity contribution in [3.05, 3.63) is 48.5 Å². The standard InChI is InChI=1S/2C15H22O5S.2Na/c2*1-2-3-4-5-6-7-12-15(16)20-13-10-8-9-11-14(13)21(17,18)19;;/h2*8-11H,2-7,12H2,1H3,(H,17,18,19);;/q;;2*+1/p-2. The molecule has 0 bridgehead atoms. The van der Waals surface area contributed by atoms with Gasteiger partial charge in [-0.05, 0) is 37.1 Å². The number of unbranched alkanes of at least 4 members (excludes halogenated alkanes) is 10. The molecule has 2 aromatic carbocycles. The molecule has 2 aromatic rings. The maximum absolute atomic E-state index is 11.7. The van der Waals surface area contributed by atoms with Crippen molar-refractivity contribution < 1.29 is 104 Å². The second kappa shape index (κ2) is 25.3. The molecule has 0 saturated heterocycles. The summed E-state index contributed by atoms with van der Waals surface area (Å²) in [6.07, 6.45) is 12.9. The molecule has 0 aromatic heterocycles. The number of carbonyl (C=O) groups excluding carboxylic acids is 2. The molecule has 0 aliphatic carbocycles. The van der Waals surface area contributed by atoms with Crippen LogP contribution in [-0.4, -0.2) is 37.9 Å². The molecule has 0 heterocycles. The third-order valence-corrected chi connectivity index (χ3v) is 7.91. The average Bonchev–Trinajstić information content (AvgIpc) is 2.92. The molecule has 44 heavy (non-hydrogen) atoms. The molecular weight excluding hydrogens is 630 g/mol. The molecule has 0 fully saturated rings. The van der Waals surface area contributed by atoms with Gasteiger partial charge >= 0.3 is 71.1 Å². The van der Waals surface area contributed by atoms with E-state index in [1.54, 1.807) is 0 Å². The van der Waals surface area contributed by atoms with Gasteiger partial charge in [0.05, 0.1) is 9.79 Å². The van der Waals surface area contributed by atoms with Crippen molar-refractivity contribution >= 4 is 32.2 Å². The number of carbonyl (C=O) groups is 2. The van der Waals surface area contributed by atoms with Gasteiger partial charge in [0, 0.05) is 12.8 Å². The Kier molecular flexibility index (Phi) is 26.1. The Hall–Kier alpha value is -0.800. The monoisotopic (exact) mass is 672 g/mol. The Morgan fingerprint density at radius 3 is 1.16 bits per heavy atom. The number of rotatable bonds is 18. The van der Waals surface area contributed by atoms with Gasteiger partial charge in [-0.25, -0.2) is 16.8 Å². The zero-order valence-electron chi connectivity index (χ0n) is 26.4. The molecule has 10 nitrogen and oxygen atoms in total. The molecule has 14 heteroatoms. The van der Waals surface area contributed by atoms with Crippen LogP contribution >= 0.6 is 0 Å². The number of ether oxygens (including phenoxy) is 2. The van der Waals surface area contributed by atoms with E-state index in [0.717, 1.165) is 50.7 Å². The second-order valence-corrected chi connectivity index (χ2v) is 12.5. The summed E-state index contributed by atoms with van der Waals surface area (Å²) in [5.41, 5.74) is 0.